The zero-order chi connectivity index (χ0) is 17.3. The van der Waals surface area contributed by atoms with Crippen LogP contribution in [-0.4, -0.2) is 40.6 Å². The van der Waals surface area contributed by atoms with E-state index in [1.165, 1.54) is 11.3 Å². The van der Waals surface area contributed by atoms with Gasteiger partial charge >= 0.3 is 0 Å². The number of amides is 1. The minimum atomic E-state index is -0.257. The maximum atomic E-state index is 12.8. The third-order valence-electron chi connectivity index (χ3n) is 4.23. The number of aromatic nitrogens is 1. The predicted molar refractivity (Wildman–Crippen MR) is 99.4 cm³/mol. The fraction of sp³-hybridized carbons (Fsp3) is 0.529. The summed E-state index contributed by atoms with van der Waals surface area (Å²) >= 11 is 3.12. The number of thiophene rings is 1. The molecule has 130 valence electrons. The Bertz CT molecular complexity index is 709. The first-order valence-electron chi connectivity index (χ1n) is 8.08. The molecule has 7 heteroatoms. The molecule has 1 aliphatic rings. The van der Waals surface area contributed by atoms with Crippen LogP contribution in [-0.2, 0) is 16.0 Å². The molecule has 0 aliphatic carbocycles. The number of hydrogen-bond acceptors (Lipinski definition) is 6. The fourth-order valence-electron chi connectivity index (χ4n) is 2.92. The van der Waals surface area contributed by atoms with Crippen LogP contribution in [0, 0.1) is 0 Å². The maximum Gasteiger partial charge on any atom is 0.223 e. The molecule has 24 heavy (non-hydrogen) atoms. The zero-order valence-electron chi connectivity index (χ0n) is 14.2. The first-order valence-corrected chi connectivity index (χ1v) is 9.77. The second-order valence-corrected chi connectivity index (χ2v) is 8.80. The number of thiazole rings is 1. The second kappa shape index (κ2) is 6.82. The van der Waals surface area contributed by atoms with Crippen LogP contribution in [0.3, 0.4) is 0 Å². The van der Waals surface area contributed by atoms with Gasteiger partial charge in [0.25, 0.3) is 0 Å². The van der Waals surface area contributed by atoms with Crippen LogP contribution >= 0.6 is 22.7 Å². The van der Waals surface area contributed by atoms with Gasteiger partial charge in [0.2, 0.25) is 5.91 Å². The molecule has 1 amide bonds. The largest absolute Gasteiger partial charge is 0.375 e. The molecule has 3 heterocycles. The van der Waals surface area contributed by atoms with Crippen LogP contribution in [0.1, 0.15) is 32.1 Å². The molecule has 1 fully saturated rings. The van der Waals surface area contributed by atoms with Gasteiger partial charge in [0.1, 0.15) is 0 Å². The Morgan fingerprint density at radius 1 is 1.54 bits per heavy atom. The number of aryl methyl sites for hydroxylation is 1. The van der Waals surface area contributed by atoms with E-state index in [9.17, 15) is 4.79 Å². The maximum absolute atomic E-state index is 12.8. The van der Waals surface area contributed by atoms with Crippen molar-refractivity contribution in [2.45, 2.75) is 45.3 Å². The monoisotopic (exact) mass is 365 g/mol. The van der Waals surface area contributed by atoms with E-state index in [1.54, 1.807) is 11.3 Å². The van der Waals surface area contributed by atoms with E-state index in [-0.39, 0.29) is 17.6 Å². The molecule has 1 saturated heterocycles. The van der Waals surface area contributed by atoms with E-state index in [0.717, 1.165) is 15.4 Å². The fourth-order valence-corrected chi connectivity index (χ4v) is 4.57. The lowest BCUT2D eigenvalue weighted by molar-refractivity contribution is -0.152. The number of morpholine rings is 1. The molecule has 5 nitrogen and oxygen atoms in total. The van der Waals surface area contributed by atoms with Crippen LogP contribution in [0.5, 0.6) is 0 Å². The third kappa shape index (κ3) is 3.63. The highest BCUT2D eigenvalue weighted by atomic mass is 32.1. The molecule has 1 unspecified atom stereocenters. The van der Waals surface area contributed by atoms with Gasteiger partial charge in [-0.05, 0) is 38.6 Å². The summed E-state index contributed by atoms with van der Waals surface area (Å²) in [5.74, 6) is 0.166. The van der Waals surface area contributed by atoms with E-state index in [2.05, 4.69) is 18.8 Å². The first-order chi connectivity index (χ1) is 11.4. The highest BCUT2D eigenvalue weighted by Gasteiger charge is 2.36. The SMILES string of the molecule is CC1CN(C(=O)CCc2sc(N)nc2-c2cccs2)C(C)(C)CO1. The number of hydrogen-bond donors (Lipinski definition) is 1. The van der Waals surface area contributed by atoms with E-state index >= 15 is 0 Å². The summed E-state index contributed by atoms with van der Waals surface area (Å²) < 4.78 is 5.69. The van der Waals surface area contributed by atoms with Gasteiger partial charge in [-0.2, -0.15) is 0 Å². The lowest BCUT2D eigenvalue weighted by Crippen LogP contribution is -2.57. The average Bonchev–Trinajstić information content (AvgIpc) is 3.16. The summed E-state index contributed by atoms with van der Waals surface area (Å²) in [6.07, 6.45) is 1.22. The predicted octanol–water partition coefficient (Wildman–Crippen LogP) is 3.41. The van der Waals surface area contributed by atoms with Gasteiger partial charge in [-0.25, -0.2) is 4.98 Å². The number of nitrogens with two attached hydrogens (primary N) is 1. The molecule has 0 bridgehead atoms. The number of rotatable bonds is 4. The molecule has 0 radical (unpaired) electrons. The summed E-state index contributed by atoms with van der Waals surface area (Å²) in [7, 11) is 0. The number of nitrogen functional groups attached to an aromatic ring is 1. The minimum absolute atomic E-state index is 0.0858. The topological polar surface area (TPSA) is 68.5 Å². The third-order valence-corrected chi connectivity index (χ3v) is 6.05. The van der Waals surface area contributed by atoms with Crippen LogP contribution in [0.2, 0.25) is 0 Å². The van der Waals surface area contributed by atoms with E-state index in [0.29, 0.717) is 31.1 Å². The molecular weight excluding hydrogens is 342 g/mol. The normalized spacial score (nSPS) is 20.3. The summed E-state index contributed by atoms with van der Waals surface area (Å²) in [5.41, 5.74) is 6.56. The summed E-state index contributed by atoms with van der Waals surface area (Å²) in [6, 6.07) is 4.04. The van der Waals surface area contributed by atoms with Crippen molar-refractivity contribution in [2.75, 3.05) is 18.9 Å². The second-order valence-electron chi connectivity index (χ2n) is 6.74. The first kappa shape index (κ1) is 17.4. The van der Waals surface area contributed by atoms with Gasteiger partial charge < -0.3 is 15.4 Å². The van der Waals surface area contributed by atoms with Gasteiger partial charge in [-0.15, -0.1) is 22.7 Å². The lowest BCUT2D eigenvalue weighted by atomic mass is 10.00. The van der Waals surface area contributed by atoms with Crippen molar-refractivity contribution in [1.82, 2.24) is 9.88 Å². The molecule has 0 saturated carbocycles. The molecule has 1 aliphatic heterocycles. The Morgan fingerprint density at radius 2 is 2.33 bits per heavy atom. The molecule has 3 rings (SSSR count). The lowest BCUT2D eigenvalue weighted by Gasteiger charge is -2.44. The zero-order valence-corrected chi connectivity index (χ0v) is 15.9. The standard InChI is InChI=1S/C17H23N3O2S2/c1-11-9-20(17(2,3)10-22-11)14(21)7-6-13-15(19-16(18)24-13)12-5-4-8-23-12/h4-5,8,11H,6-7,9-10H2,1-3H3,(H2,18,19). The van der Waals surface area contributed by atoms with Crippen molar-refractivity contribution in [3.63, 3.8) is 0 Å². The van der Waals surface area contributed by atoms with E-state index in [4.69, 9.17) is 10.5 Å². The van der Waals surface area contributed by atoms with Gasteiger partial charge in [-0.1, -0.05) is 6.07 Å². The Hall–Kier alpha value is -1.44. The highest BCUT2D eigenvalue weighted by molar-refractivity contribution is 7.17. The molecule has 0 aromatic carbocycles. The molecule has 0 spiro atoms. The Morgan fingerprint density at radius 3 is 3.04 bits per heavy atom. The Labute approximate surface area is 150 Å². The van der Waals surface area contributed by atoms with Gasteiger partial charge in [0.05, 0.1) is 28.8 Å². The van der Waals surface area contributed by atoms with Crippen molar-refractivity contribution in [2.24, 2.45) is 0 Å². The summed E-state index contributed by atoms with van der Waals surface area (Å²) in [4.78, 5) is 21.4. The number of carbonyl (C=O) groups is 1. The summed E-state index contributed by atoms with van der Waals surface area (Å²) in [6.45, 7) is 7.34. The average molecular weight is 366 g/mol. The smallest absolute Gasteiger partial charge is 0.223 e. The van der Waals surface area contributed by atoms with Gasteiger partial charge in [-0.3, -0.25) is 4.79 Å². The van der Waals surface area contributed by atoms with Crippen LogP contribution in [0.25, 0.3) is 10.6 Å². The van der Waals surface area contributed by atoms with Gasteiger partial charge in [0.15, 0.2) is 5.13 Å². The highest BCUT2D eigenvalue weighted by Crippen LogP contribution is 2.33. The quantitative estimate of drug-likeness (QED) is 0.901. The van der Waals surface area contributed by atoms with Crippen LogP contribution in [0.15, 0.2) is 17.5 Å². The number of carbonyl (C=O) groups excluding carboxylic acids is 1. The van der Waals surface area contributed by atoms with Crippen LogP contribution < -0.4 is 5.73 Å². The van der Waals surface area contributed by atoms with E-state index < -0.39 is 0 Å². The van der Waals surface area contributed by atoms with Crippen molar-refractivity contribution < 1.29 is 9.53 Å². The summed E-state index contributed by atoms with van der Waals surface area (Å²) in [5, 5.41) is 2.58. The van der Waals surface area contributed by atoms with Crippen molar-refractivity contribution >= 4 is 33.7 Å². The number of nitrogens with zero attached hydrogens (tertiary/aromatic N) is 2. The molecule has 1 atom stereocenters. The Balaban J connectivity index is 1.71. The molecule has 2 aromatic rings. The molecule has 2 N–H and O–H groups in total. The molecule has 2 aromatic heterocycles. The molecular formula is C17H23N3O2S2. The van der Waals surface area contributed by atoms with Crippen molar-refractivity contribution in [3.05, 3.63) is 22.4 Å². The van der Waals surface area contributed by atoms with E-state index in [1.807, 2.05) is 29.3 Å². The minimum Gasteiger partial charge on any atom is -0.375 e. The van der Waals surface area contributed by atoms with Crippen LogP contribution in [0.4, 0.5) is 5.13 Å². The van der Waals surface area contributed by atoms with Crippen molar-refractivity contribution in [1.29, 1.82) is 0 Å². The Kier molecular flexibility index (Phi) is 4.94. The number of anilines is 1. The number of ether oxygens (including phenoxy) is 1. The van der Waals surface area contributed by atoms with Crippen molar-refractivity contribution in [3.8, 4) is 10.6 Å². The van der Waals surface area contributed by atoms with Gasteiger partial charge in [0, 0.05) is 17.8 Å².